The van der Waals surface area contributed by atoms with Crippen LogP contribution in [0.15, 0.2) is 36.4 Å². The Hall–Kier alpha value is -2.00. The molecule has 4 heteroatoms. The van der Waals surface area contributed by atoms with Crippen molar-refractivity contribution >= 4 is 17.6 Å². The number of ether oxygens (including phenoxy) is 1. The molecular weight excluding hydrogens is 300 g/mol. The molecule has 0 amide bonds. The number of aryl methyl sites for hydroxylation is 1. The van der Waals surface area contributed by atoms with Crippen molar-refractivity contribution in [2.75, 3.05) is 0 Å². The fourth-order valence-corrected chi connectivity index (χ4v) is 2.75. The summed E-state index contributed by atoms with van der Waals surface area (Å²) in [4.78, 5) is 11.3. The molecule has 2 aromatic carbocycles. The van der Waals surface area contributed by atoms with E-state index in [4.69, 9.17) is 16.3 Å². The second kappa shape index (κ2) is 6.01. The van der Waals surface area contributed by atoms with Gasteiger partial charge in [0.15, 0.2) is 0 Å². The summed E-state index contributed by atoms with van der Waals surface area (Å²) in [7, 11) is 0. The summed E-state index contributed by atoms with van der Waals surface area (Å²) in [6.07, 6.45) is 2.26. The number of hydrogen-bond donors (Lipinski definition) is 1. The minimum absolute atomic E-state index is 0.309. The van der Waals surface area contributed by atoms with Crippen LogP contribution in [-0.4, -0.2) is 11.1 Å². The molecule has 114 valence electrons. The Bertz CT molecular complexity index is 720. The lowest BCUT2D eigenvalue weighted by atomic mass is 10.0. The Morgan fingerprint density at radius 1 is 1.27 bits per heavy atom. The molecule has 0 saturated heterocycles. The van der Waals surface area contributed by atoms with Crippen molar-refractivity contribution in [3.63, 3.8) is 0 Å². The Morgan fingerprint density at radius 3 is 2.68 bits per heavy atom. The first-order valence-electron chi connectivity index (χ1n) is 7.29. The van der Waals surface area contributed by atoms with E-state index in [0.29, 0.717) is 28.9 Å². The number of carboxylic acid groups (broad SMARTS) is 1. The molecule has 1 N–H and O–H groups in total. The topological polar surface area (TPSA) is 46.5 Å². The van der Waals surface area contributed by atoms with Crippen LogP contribution < -0.4 is 4.74 Å². The third kappa shape index (κ3) is 3.42. The van der Waals surface area contributed by atoms with Gasteiger partial charge >= 0.3 is 5.97 Å². The monoisotopic (exact) mass is 316 g/mol. The Labute approximate surface area is 134 Å². The van der Waals surface area contributed by atoms with E-state index in [-0.39, 0.29) is 0 Å². The molecule has 1 fully saturated rings. The molecule has 0 spiro atoms. The van der Waals surface area contributed by atoms with Crippen molar-refractivity contribution in [2.45, 2.75) is 32.3 Å². The zero-order chi connectivity index (χ0) is 15.7. The van der Waals surface area contributed by atoms with Gasteiger partial charge in [0, 0.05) is 0 Å². The van der Waals surface area contributed by atoms with Crippen LogP contribution in [0.5, 0.6) is 5.75 Å². The number of carboxylic acids is 1. The Morgan fingerprint density at radius 2 is 2.05 bits per heavy atom. The summed E-state index contributed by atoms with van der Waals surface area (Å²) in [5, 5.41) is 9.80. The maximum absolute atomic E-state index is 11.3. The average Bonchev–Trinajstić information content (AvgIpc) is 3.30. The summed E-state index contributed by atoms with van der Waals surface area (Å²) < 4.78 is 5.74. The molecule has 0 aliphatic heterocycles. The number of benzene rings is 2. The molecule has 3 rings (SSSR count). The number of rotatable bonds is 5. The van der Waals surface area contributed by atoms with Gasteiger partial charge in [0.1, 0.15) is 12.4 Å². The summed E-state index contributed by atoms with van der Waals surface area (Å²) in [6, 6.07) is 11.1. The van der Waals surface area contributed by atoms with E-state index >= 15 is 0 Å². The van der Waals surface area contributed by atoms with Gasteiger partial charge in [0.25, 0.3) is 0 Å². The quantitative estimate of drug-likeness (QED) is 0.861. The van der Waals surface area contributed by atoms with Gasteiger partial charge in [-0.2, -0.15) is 0 Å². The first kappa shape index (κ1) is 14.9. The van der Waals surface area contributed by atoms with Gasteiger partial charge in [0.05, 0.1) is 10.6 Å². The summed E-state index contributed by atoms with van der Waals surface area (Å²) in [5.41, 5.74) is 3.34. The molecule has 2 aromatic rings. The van der Waals surface area contributed by atoms with Crippen LogP contribution in [-0.2, 0) is 6.61 Å². The SMILES string of the molecule is Cc1ccc(OCc2cc(C(=O)O)cc(C3CC3)c2)c(Cl)c1. The van der Waals surface area contributed by atoms with E-state index in [1.54, 1.807) is 12.1 Å². The lowest BCUT2D eigenvalue weighted by Gasteiger charge is -2.11. The highest BCUT2D eigenvalue weighted by Crippen LogP contribution is 2.40. The van der Waals surface area contributed by atoms with Gasteiger partial charge < -0.3 is 9.84 Å². The van der Waals surface area contributed by atoms with Gasteiger partial charge in [-0.1, -0.05) is 23.7 Å². The molecule has 0 bridgehead atoms. The first-order valence-corrected chi connectivity index (χ1v) is 7.67. The van der Waals surface area contributed by atoms with Crippen LogP contribution in [0.1, 0.15) is 45.8 Å². The minimum Gasteiger partial charge on any atom is -0.487 e. The van der Waals surface area contributed by atoms with Crippen molar-refractivity contribution < 1.29 is 14.6 Å². The van der Waals surface area contributed by atoms with E-state index in [2.05, 4.69) is 0 Å². The van der Waals surface area contributed by atoms with E-state index in [0.717, 1.165) is 29.5 Å². The van der Waals surface area contributed by atoms with Crippen LogP contribution >= 0.6 is 11.6 Å². The molecule has 0 heterocycles. The van der Waals surface area contributed by atoms with Crippen LogP contribution in [0.4, 0.5) is 0 Å². The molecule has 0 unspecified atom stereocenters. The largest absolute Gasteiger partial charge is 0.487 e. The van der Waals surface area contributed by atoms with Gasteiger partial charge in [-0.05, 0) is 66.6 Å². The number of carbonyl (C=O) groups is 1. The molecule has 1 aliphatic rings. The summed E-state index contributed by atoms with van der Waals surface area (Å²) >= 11 is 6.15. The zero-order valence-corrected chi connectivity index (χ0v) is 13.1. The smallest absolute Gasteiger partial charge is 0.335 e. The normalized spacial score (nSPS) is 13.9. The molecule has 1 saturated carbocycles. The second-order valence-corrected chi connectivity index (χ2v) is 6.17. The van der Waals surface area contributed by atoms with Gasteiger partial charge in [0.2, 0.25) is 0 Å². The van der Waals surface area contributed by atoms with Crippen molar-refractivity contribution in [3.05, 3.63) is 63.7 Å². The third-order valence-corrected chi connectivity index (χ3v) is 4.09. The van der Waals surface area contributed by atoms with Crippen LogP contribution in [0, 0.1) is 6.92 Å². The third-order valence-electron chi connectivity index (χ3n) is 3.79. The summed E-state index contributed by atoms with van der Waals surface area (Å²) in [5.74, 6) is 0.207. The highest BCUT2D eigenvalue weighted by atomic mass is 35.5. The highest BCUT2D eigenvalue weighted by molar-refractivity contribution is 6.32. The predicted octanol–water partition coefficient (Wildman–Crippen LogP) is 4.80. The van der Waals surface area contributed by atoms with Crippen molar-refractivity contribution in [3.8, 4) is 5.75 Å². The van der Waals surface area contributed by atoms with Crippen molar-refractivity contribution in [1.29, 1.82) is 0 Å². The number of aromatic carboxylic acids is 1. The van der Waals surface area contributed by atoms with E-state index in [1.807, 2.05) is 31.2 Å². The van der Waals surface area contributed by atoms with Gasteiger partial charge in [-0.25, -0.2) is 4.79 Å². The first-order chi connectivity index (χ1) is 10.5. The van der Waals surface area contributed by atoms with Crippen molar-refractivity contribution in [1.82, 2.24) is 0 Å². The Balaban J connectivity index is 1.80. The minimum atomic E-state index is -0.905. The lowest BCUT2D eigenvalue weighted by molar-refractivity contribution is 0.0696. The van der Waals surface area contributed by atoms with Gasteiger partial charge in [-0.15, -0.1) is 0 Å². The molecule has 0 radical (unpaired) electrons. The maximum atomic E-state index is 11.3. The number of hydrogen-bond acceptors (Lipinski definition) is 2. The van der Waals surface area contributed by atoms with E-state index < -0.39 is 5.97 Å². The molecule has 1 aliphatic carbocycles. The van der Waals surface area contributed by atoms with Gasteiger partial charge in [-0.3, -0.25) is 0 Å². The fourth-order valence-electron chi connectivity index (χ4n) is 2.46. The van der Waals surface area contributed by atoms with Crippen LogP contribution in [0.3, 0.4) is 0 Å². The average molecular weight is 317 g/mol. The van der Waals surface area contributed by atoms with Crippen molar-refractivity contribution in [2.24, 2.45) is 0 Å². The lowest BCUT2D eigenvalue weighted by Crippen LogP contribution is -2.02. The molecule has 0 aromatic heterocycles. The molecule has 0 atom stereocenters. The molecule has 22 heavy (non-hydrogen) atoms. The number of halogens is 1. The Kier molecular flexibility index (Phi) is 4.08. The zero-order valence-electron chi connectivity index (χ0n) is 12.3. The van der Waals surface area contributed by atoms with Crippen LogP contribution in [0.25, 0.3) is 0 Å². The summed E-state index contributed by atoms with van der Waals surface area (Å²) in [6.45, 7) is 2.28. The standard InChI is InChI=1S/C18H17ClO3/c1-11-2-5-17(16(19)6-11)22-10-12-7-14(13-3-4-13)9-15(8-12)18(20)21/h2,5-9,13H,3-4,10H2,1H3,(H,20,21). The highest BCUT2D eigenvalue weighted by Gasteiger charge is 2.25. The van der Waals surface area contributed by atoms with Crippen LogP contribution in [0.2, 0.25) is 5.02 Å². The van der Waals surface area contributed by atoms with E-state index in [9.17, 15) is 9.90 Å². The molecular formula is C18H17ClO3. The fraction of sp³-hybridized carbons (Fsp3) is 0.278. The second-order valence-electron chi connectivity index (χ2n) is 5.77. The van der Waals surface area contributed by atoms with E-state index in [1.165, 1.54) is 0 Å². The predicted molar refractivity (Wildman–Crippen MR) is 85.9 cm³/mol. The molecule has 3 nitrogen and oxygen atoms in total. The maximum Gasteiger partial charge on any atom is 0.335 e.